The average molecular weight is 485 g/mol. The van der Waals surface area contributed by atoms with Crippen LogP contribution in [0.1, 0.15) is 22.3 Å². The molecule has 0 aliphatic heterocycles. The number of thiazole rings is 1. The predicted octanol–water partition coefficient (Wildman–Crippen LogP) is 9.31. The minimum atomic E-state index is 0.664. The predicted molar refractivity (Wildman–Crippen MR) is 152 cm³/mol. The summed E-state index contributed by atoms with van der Waals surface area (Å²) in [7, 11) is 0. The van der Waals surface area contributed by atoms with Gasteiger partial charge in [-0.25, -0.2) is 9.97 Å². The Morgan fingerprint density at radius 1 is 0.583 bits per heavy atom. The van der Waals surface area contributed by atoms with Crippen molar-refractivity contribution in [2.45, 2.75) is 27.7 Å². The molecule has 3 nitrogen and oxygen atoms in total. The largest absolute Gasteiger partial charge is 0.436 e. The maximum absolute atomic E-state index is 6.16. The first-order valence-corrected chi connectivity index (χ1v) is 13.0. The van der Waals surface area contributed by atoms with Gasteiger partial charge in [0.1, 0.15) is 10.5 Å². The lowest BCUT2D eigenvalue weighted by molar-refractivity contribution is 0.617. The van der Waals surface area contributed by atoms with Crippen LogP contribution in [0.25, 0.3) is 64.9 Å². The fourth-order valence-corrected chi connectivity index (χ4v) is 6.27. The zero-order chi connectivity index (χ0) is 24.6. The molecule has 0 aliphatic rings. The third-order valence-electron chi connectivity index (χ3n) is 6.93. The Morgan fingerprint density at radius 2 is 1.22 bits per heavy atom. The number of aryl methyl sites for hydroxylation is 4. The first-order chi connectivity index (χ1) is 17.4. The second-order valence-electron chi connectivity index (χ2n) is 9.87. The highest BCUT2D eigenvalue weighted by Crippen LogP contribution is 2.36. The van der Waals surface area contributed by atoms with E-state index in [0.29, 0.717) is 5.89 Å². The van der Waals surface area contributed by atoms with Crippen LogP contribution in [0.5, 0.6) is 0 Å². The van der Waals surface area contributed by atoms with E-state index in [1.807, 2.05) is 0 Å². The SMILES string of the molecule is Cc1cc(C)c2oc(-c3ccc4cc5cc(-c6nc7cc(C)cc(C)c7s6)ccc5cc4c3)nc2c1. The van der Waals surface area contributed by atoms with E-state index in [0.717, 1.165) is 38.3 Å². The number of nitrogens with zero attached hydrogens (tertiary/aromatic N) is 2. The lowest BCUT2D eigenvalue weighted by atomic mass is 10.00. The lowest BCUT2D eigenvalue weighted by Crippen LogP contribution is -1.82. The summed E-state index contributed by atoms with van der Waals surface area (Å²) in [6.45, 7) is 8.46. The normalized spacial score (nSPS) is 11.9. The Labute approximate surface area is 213 Å². The van der Waals surface area contributed by atoms with Crippen LogP contribution in [0.4, 0.5) is 0 Å². The molecule has 2 heterocycles. The van der Waals surface area contributed by atoms with Crippen LogP contribution >= 0.6 is 11.3 Å². The molecule has 0 bridgehead atoms. The maximum Gasteiger partial charge on any atom is 0.227 e. The van der Waals surface area contributed by atoms with Crippen molar-refractivity contribution in [1.82, 2.24) is 9.97 Å². The number of aromatic nitrogens is 2. The molecule has 0 N–H and O–H groups in total. The Kier molecular flexibility index (Phi) is 4.57. The molecule has 5 aromatic carbocycles. The summed E-state index contributed by atoms with van der Waals surface area (Å²) < 4.78 is 7.43. The fraction of sp³-hybridized carbons (Fsp3) is 0.125. The Bertz CT molecular complexity index is 1850. The van der Waals surface area contributed by atoms with Crippen LogP contribution in [0.2, 0.25) is 0 Å². The van der Waals surface area contributed by atoms with Gasteiger partial charge in [-0.2, -0.15) is 0 Å². The minimum Gasteiger partial charge on any atom is -0.436 e. The van der Waals surface area contributed by atoms with Gasteiger partial charge in [0.05, 0.1) is 10.2 Å². The molecule has 0 saturated carbocycles. The molecule has 7 aromatic rings. The van der Waals surface area contributed by atoms with Crippen molar-refractivity contribution in [3.05, 3.63) is 95.1 Å². The zero-order valence-corrected chi connectivity index (χ0v) is 21.5. The topological polar surface area (TPSA) is 38.9 Å². The van der Waals surface area contributed by atoms with E-state index in [4.69, 9.17) is 14.4 Å². The van der Waals surface area contributed by atoms with Crippen molar-refractivity contribution in [3.8, 4) is 22.0 Å². The summed E-state index contributed by atoms with van der Waals surface area (Å²) in [6.07, 6.45) is 0. The van der Waals surface area contributed by atoms with Gasteiger partial charge in [-0.05, 0) is 114 Å². The summed E-state index contributed by atoms with van der Waals surface area (Å²) in [5, 5.41) is 5.86. The first-order valence-electron chi connectivity index (χ1n) is 12.2. The van der Waals surface area contributed by atoms with Gasteiger partial charge in [-0.15, -0.1) is 11.3 Å². The highest BCUT2D eigenvalue weighted by molar-refractivity contribution is 7.21. The maximum atomic E-state index is 6.16. The van der Waals surface area contributed by atoms with Crippen LogP contribution in [-0.2, 0) is 0 Å². The molecular formula is C32H24N2OS. The number of hydrogen-bond acceptors (Lipinski definition) is 4. The van der Waals surface area contributed by atoms with Crippen molar-refractivity contribution < 1.29 is 4.42 Å². The van der Waals surface area contributed by atoms with E-state index in [1.165, 1.54) is 42.9 Å². The van der Waals surface area contributed by atoms with Gasteiger partial charge in [0.2, 0.25) is 5.89 Å². The van der Waals surface area contributed by atoms with Crippen molar-refractivity contribution in [1.29, 1.82) is 0 Å². The summed E-state index contributed by atoms with van der Waals surface area (Å²) in [5.41, 5.74) is 9.87. The molecular weight excluding hydrogens is 460 g/mol. The molecule has 2 aromatic heterocycles. The van der Waals surface area contributed by atoms with Crippen LogP contribution < -0.4 is 0 Å². The second-order valence-corrected chi connectivity index (χ2v) is 10.9. The van der Waals surface area contributed by atoms with E-state index in [1.54, 1.807) is 11.3 Å². The van der Waals surface area contributed by atoms with E-state index in [9.17, 15) is 0 Å². The van der Waals surface area contributed by atoms with Gasteiger partial charge in [0.15, 0.2) is 5.58 Å². The second kappa shape index (κ2) is 7.74. The Balaban J connectivity index is 1.31. The number of fused-ring (bicyclic) bond motifs is 4. The van der Waals surface area contributed by atoms with Crippen molar-refractivity contribution in [3.63, 3.8) is 0 Å². The molecule has 0 saturated heterocycles. The highest BCUT2D eigenvalue weighted by Gasteiger charge is 2.13. The molecule has 0 radical (unpaired) electrons. The van der Waals surface area contributed by atoms with Gasteiger partial charge in [0.25, 0.3) is 0 Å². The van der Waals surface area contributed by atoms with Crippen LogP contribution in [0.15, 0.2) is 77.2 Å². The number of benzene rings is 5. The number of rotatable bonds is 2. The van der Waals surface area contributed by atoms with E-state index in [2.05, 4.69) is 100 Å². The Morgan fingerprint density at radius 3 is 1.97 bits per heavy atom. The molecule has 0 unspecified atom stereocenters. The molecule has 7 rings (SSSR count). The van der Waals surface area contributed by atoms with E-state index in [-0.39, 0.29) is 0 Å². The molecule has 4 heteroatoms. The van der Waals surface area contributed by atoms with Gasteiger partial charge in [0, 0.05) is 11.1 Å². The van der Waals surface area contributed by atoms with Crippen molar-refractivity contribution in [2.75, 3.05) is 0 Å². The highest BCUT2D eigenvalue weighted by atomic mass is 32.1. The average Bonchev–Trinajstić information content (AvgIpc) is 3.47. The third kappa shape index (κ3) is 3.41. The smallest absolute Gasteiger partial charge is 0.227 e. The van der Waals surface area contributed by atoms with Crippen LogP contribution in [0, 0.1) is 27.7 Å². The van der Waals surface area contributed by atoms with Crippen LogP contribution in [-0.4, -0.2) is 9.97 Å². The summed E-state index contributed by atoms with van der Waals surface area (Å²) >= 11 is 1.77. The quantitative estimate of drug-likeness (QED) is 0.229. The third-order valence-corrected chi connectivity index (χ3v) is 8.19. The van der Waals surface area contributed by atoms with E-state index < -0.39 is 0 Å². The number of hydrogen-bond donors (Lipinski definition) is 0. The van der Waals surface area contributed by atoms with Crippen molar-refractivity contribution >= 4 is 54.2 Å². The number of oxazole rings is 1. The van der Waals surface area contributed by atoms with Gasteiger partial charge in [-0.3, -0.25) is 0 Å². The molecule has 0 amide bonds. The van der Waals surface area contributed by atoms with Gasteiger partial charge < -0.3 is 4.42 Å². The molecule has 0 fully saturated rings. The summed E-state index contributed by atoms with van der Waals surface area (Å²) in [6, 6.07) is 26.2. The lowest BCUT2D eigenvalue weighted by Gasteiger charge is -2.06. The molecule has 36 heavy (non-hydrogen) atoms. The standard InChI is InChI=1S/C32H24N2OS/c1-17-9-19(3)29-27(11-17)33-31(35-29)23-7-5-21-14-26-16-24(8-6-22(26)13-25(21)15-23)32-34-28-12-18(2)10-20(4)30(28)36-32/h5-16H,1-4H3. The van der Waals surface area contributed by atoms with Gasteiger partial charge >= 0.3 is 0 Å². The summed E-state index contributed by atoms with van der Waals surface area (Å²) in [5.74, 6) is 0.664. The monoisotopic (exact) mass is 484 g/mol. The molecule has 174 valence electrons. The van der Waals surface area contributed by atoms with E-state index >= 15 is 0 Å². The van der Waals surface area contributed by atoms with Crippen molar-refractivity contribution in [2.24, 2.45) is 0 Å². The molecule has 0 atom stereocenters. The Hall–Kier alpha value is -4.02. The zero-order valence-electron chi connectivity index (χ0n) is 20.6. The van der Waals surface area contributed by atoms with Crippen LogP contribution in [0.3, 0.4) is 0 Å². The minimum absolute atomic E-state index is 0.664. The first kappa shape index (κ1) is 21.3. The van der Waals surface area contributed by atoms with Gasteiger partial charge in [-0.1, -0.05) is 30.3 Å². The molecule has 0 spiro atoms. The summed E-state index contributed by atoms with van der Waals surface area (Å²) in [4.78, 5) is 9.73. The fourth-order valence-electron chi connectivity index (χ4n) is 5.26. The molecule has 0 aliphatic carbocycles.